The van der Waals surface area contributed by atoms with Crippen molar-refractivity contribution in [2.24, 2.45) is 11.8 Å². The molecule has 0 radical (unpaired) electrons. The molecule has 0 amide bonds. The summed E-state index contributed by atoms with van der Waals surface area (Å²) in [6, 6.07) is 8.35. The van der Waals surface area contributed by atoms with Crippen LogP contribution in [0.5, 0.6) is 0 Å². The molecule has 19 heavy (non-hydrogen) atoms. The molecular weight excluding hydrogens is 240 g/mol. The summed E-state index contributed by atoms with van der Waals surface area (Å²) in [6.07, 6.45) is 4.82. The van der Waals surface area contributed by atoms with E-state index in [2.05, 4.69) is 10.3 Å². The monoisotopic (exact) mass is 260 g/mol. The van der Waals surface area contributed by atoms with E-state index in [1.807, 2.05) is 24.3 Å². The molecule has 2 aromatic rings. The van der Waals surface area contributed by atoms with Gasteiger partial charge in [-0.05, 0) is 36.8 Å². The number of aromatic nitrogens is 1. The average molecular weight is 260 g/mol. The van der Waals surface area contributed by atoms with Crippen molar-refractivity contribution in [3.63, 3.8) is 0 Å². The van der Waals surface area contributed by atoms with Crippen LogP contribution in [0.2, 0.25) is 0 Å². The Bertz CT molecular complexity index is 505. The van der Waals surface area contributed by atoms with Gasteiger partial charge in [0, 0.05) is 13.2 Å². The van der Waals surface area contributed by atoms with E-state index in [0.717, 1.165) is 24.1 Å². The number of nitrogens with zero attached hydrogens (tertiary/aromatic N) is 1. The van der Waals surface area contributed by atoms with Crippen molar-refractivity contribution in [3.05, 3.63) is 24.3 Å². The number of nitrogens with one attached hydrogen (secondary N) is 1. The molecule has 1 aliphatic rings. The molecule has 1 aromatic heterocycles. The van der Waals surface area contributed by atoms with Crippen LogP contribution in [0.25, 0.3) is 11.1 Å². The smallest absolute Gasteiger partial charge is 0.295 e. The van der Waals surface area contributed by atoms with Gasteiger partial charge >= 0.3 is 0 Å². The summed E-state index contributed by atoms with van der Waals surface area (Å²) in [7, 11) is 0. The molecule has 1 heterocycles. The second kappa shape index (κ2) is 5.61. The highest BCUT2D eigenvalue weighted by molar-refractivity contribution is 5.74. The zero-order valence-corrected chi connectivity index (χ0v) is 11.0. The van der Waals surface area contributed by atoms with Gasteiger partial charge < -0.3 is 14.8 Å². The number of benzene rings is 1. The Balaban J connectivity index is 1.64. The fraction of sp³-hybridized carbons (Fsp3) is 0.533. The molecule has 0 saturated heterocycles. The summed E-state index contributed by atoms with van der Waals surface area (Å²) in [6.45, 7) is 1.12. The SMILES string of the molecule is OCC1CCCCC1CNc1nc2ccccc2o1. The second-order valence-corrected chi connectivity index (χ2v) is 5.35. The van der Waals surface area contributed by atoms with Crippen molar-refractivity contribution < 1.29 is 9.52 Å². The molecule has 3 rings (SSSR count). The third-order valence-corrected chi connectivity index (χ3v) is 4.11. The summed E-state index contributed by atoms with van der Waals surface area (Å²) < 4.78 is 5.64. The standard InChI is InChI=1S/C15H20N2O2/c18-10-12-6-2-1-5-11(12)9-16-15-17-13-7-3-4-8-14(13)19-15/h3-4,7-8,11-12,18H,1-2,5-6,9-10H2,(H,16,17). The third kappa shape index (κ3) is 2.73. The summed E-state index contributed by atoms with van der Waals surface area (Å²) in [5, 5.41) is 12.7. The highest BCUT2D eigenvalue weighted by atomic mass is 16.4. The van der Waals surface area contributed by atoms with Gasteiger partial charge in [0.05, 0.1) is 0 Å². The third-order valence-electron chi connectivity index (χ3n) is 4.11. The van der Waals surface area contributed by atoms with Crippen LogP contribution >= 0.6 is 0 Å². The molecule has 2 unspecified atom stereocenters. The number of hydrogen-bond donors (Lipinski definition) is 2. The van der Waals surface area contributed by atoms with E-state index < -0.39 is 0 Å². The lowest BCUT2D eigenvalue weighted by Crippen LogP contribution is -2.28. The Labute approximate surface area is 112 Å². The summed E-state index contributed by atoms with van der Waals surface area (Å²) in [5.74, 6) is 0.944. The zero-order valence-electron chi connectivity index (χ0n) is 11.0. The fourth-order valence-electron chi connectivity index (χ4n) is 2.96. The van der Waals surface area contributed by atoms with E-state index in [0.29, 0.717) is 24.5 Å². The van der Waals surface area contributed by atoms with Gasteiger partial charge in [-0.2, -0.15) is 4.98 Å². The molecule has 1 aromatic carbocycles. The van der Waals surface area contributed by atoms with Crippen LogP contribution in [0.3, 0.4) is 0 Å². The molecule has 1 fully saturated rings. The van der Waals surface area contributed by atoms with Crippen molar-refractivity contribution in [2.45, 2.75) is 25.7 Å². The Morgan fingerprint density at radius 1 is 1.21 bits per heavy atom. The Morgan fingerprint density at radius 2 is 2.00 bits per heavy atom. The van der Waals surface area contributed by atoms with Gasteiger partial charge in [0.2, 0.25) is 0 Å². The van der Waals surface area contributed by atoms with Crippen molar-refractivity contribution in [3.8, 4) is 0 Å². The Hall–Kier alpha value is -1.55. The van der Waals surface area contributed by atoms with Crippen molar-refractivity contribution in [2.75, 3.05) is 18.5 Å². The maximum Gasteiger partial charge on any atom is 0.295 e. The summed E-state index contributed by atoms with van der Waals surface area (Å²) in [5.41, 5.74) is 1.69. The average Bonchev–Trinajstić information content (AvgIpc) is 2.88. The van der Waals surface area contributed by atoms with Crippen LogP contribution in [-0.4, -0.2) is 23.2 Å². The van der Waals surface area contributed by atoms with Crippen molar-refractivity contribution in [1.29, 1.82) is 0 Å². The predicted octanol–water partition coefficient (Wildman–Crippen LogP) is 3.04. The number of aliphatic hydroxyl groups excluding tert-OH is 1. The van der Waals surface area contributed by atoms with Gasteiger partial charge in [0.1, 0.15) is 5.52 Å². The molecule has 1 saturated carbocycles. The topological polar surface area (TPSA) is 58.3 Å². The minimum Gasteiger partial charge on any atom is -0.424 e. The van der Waals surface area contributed by atoms with Gasteiger partial charge in [-0.3, -0.25) is 0 Å². The van der Waals surface area contributed by atoms with Crippen LogP contribution in [0.1, 0.15) is 25.7 Å². The van der Waals surface area contributed by atoms with Crippen LogP contribution in [0, 0.1) is 11.8 Å². The zero-order chi connectivity index (χ0) is 13.1. The molecule has 0 bridgehead atoms. The number of rotatable bonds is 4. The van der Waals surface area contributed by atoms with Crippen molar-refractivity contribution >= 4 is 17.1 Å². The van der Waals surface area contributed by atoms with Gasteiger partial charge in [-0.1, -0.05) is 25.0 Å². The van der Waals surface area contributed by atoms with Crippen LogP contribution < -0.4 is 5.32 Å². The minimum absolute atomic E-state index is 0.292. The number of fused-ring (bicyclic) bond motifs is 1. The lowest BCUT2D eigenvalue weighted by Gasteiger charge is -2.29. The highest BCUT2D eigenvalue weighted by Gasteiger charge is 2.24. The molecule has 102 valence electrons. The first kappa shape index (κ1) is 12.5. The van der Waals surface area contributed by atoms with Crippen molar-refractivity contribution in [1.82, 2.24) is 4.98 Å². The van der Waals surface area contributed by atoms with Crippen LogP contribution in [-0.2, 0) is 0 Å². The largest absolute Gasteiger partial charge is 0.424 e. The van der Waals surface area contributed by atoms with Gasteiger partial charge in [0.25, 0.3) is 6.01 Å². The van der Waals surface area contributed by atoms with E-state index >= 15 is 0 Å². The molecule has 0 spiro atoms. The van der Waals surface area contributed by atoms with E-state index in [-0.39, 0.29) is 0 Å². The first-order valence-corrected chi connectivity index (χ1v) is 7.07. The predicted molar refractivity (Wildman–Crippen MR) is 75.0 cm³/mol. The molecule has 4 heteroatoms. The first-order chi connectivity index (χ1) is 9.36. The molecule has 2 atom stereocenters. The van der Waals surface area contributed by atoms with Crippen LogP contribution in [0.15, 0.2) is 28.7 Å². The summed E-state index contributed by atoms with van der Waals surface area (Å²) >= 11 is 0. The molecule has 1 aliphatic carbocycles. The quantitative estimate of drug-likeness (QED) is 0.887. The molecular formula is C15H20N2O2. The summed E-state index contributed by atoms with van der Waals surface area (Å²) in [4.78, 5) is 4.41. The molecule has 0 aliphatic heterocycles. The lowest BCUT2D eigenvalue weighted by atomic mass is 9.80. The number of hydrogen-bond acceptors (Lipinski definition) is 4. The normalized spacial score (nSPS) is 23.6. The van der Waals surface area contributed by atoms with E-state index in [4.69, 9.17) is 4.42 Å². The molecule has 4 nitrogen and oxygen atoms in total. The highest BCUT2D eigenvalue weighted by Crippen LogP contribution is 2.30. The Kier molecular flexibility index (Phi) is 3.69. The van der Waals surface area contributed by atoms with E-state index in [1.165, 1.54) is 19.3 Å². The maximum absolute atomic E-state index is 9.41. The Morgan fingerprint density at radius 3 is 2.79 bits per heavy atom. The van der Waals surface area contributed by atoms with E-state index in [9.17, 15) is 5.11 Å². The number of aliphatic hydroxyl groups is 1. The minimum atomic E-state index is 0.292. The fourth-order valence-corrected chi connectivity index (χ4v) is 2.96. The number of oxazole rings is 1. The van der Waals surface area contributed by atoms with Crippen LogP contribution in [0.4, 0.5) is 6.01 Å². The number of anilines is 1. The van der Waals surface area contributed by atoms with Gasteiger partial charge in [-0.25, -0.2) is 0 Å². The maximum atomic E-state index is 9.41. The van der Waals surface area contributed by atoms with E-state index in [1.54, 1.807) is 0 Å². The lowest BCUT2D eigenvalue weighted by molar-refractivity contribution is 0.140. The van der Waals surface area contributed by atoms with Gasteiger partial charge in [0.15, 0.2) is 5.58 Å². The van der Waals surface area contributed by atoms with Gasteiger partial charge in [-0.15, -0.1) is 0 Å². The number of para-hydroxylation sites is 2. The molecule has 2 N–H and O–H groups in total. The first-order valence-electron chi connectivity index (χ1n) is 7.07. The second-order valence-electron chi connectivity index (χ2n) is 5.35.